The number of aromatic nitrogens is 1. The van der Waals surface area contributed by atoms with E-state index in [4.69, 9.17) is 5.11 Å². The molecular formula is C19H26N2O2. The number of fused-ring (bicyclic) bond motifs is 1. The topological polar surface area (TPSA) is 53.4 Å². The van der Waals surface area contributed by atoms with Crippen molar-refractivity contribution in [3.8, 4) is 0 Å². The molecular weight excluding hydrogens is 288 g/mol. The van der Waals surface area contributed by atoms with Crippen LogP contribution >= 0.6 is 0 Å². The number of rotatable bonds is 9. The highest BCUT2D eigenvalue weighted by Crippen LogP contribution is 2.28. The number of benzene rings is 1. The summed E-state index contributed by atoms with van der Waals surface area (Å²) in [6.07, 6.45) is 4.53. The molecule has 4 heteroatoms. The van der Waals surface area contributed by atoms with Crippen LogP contribution in [0.25, 0.3) is 10.9 Å². The molecule has 0 spiro atoms. The van der Waals surface area contributed by atoms with Gasteiger partial charge in [0.15, 0.2) is 0 Å². The summed E-state index contributed by atoms with van der Waals surface area (Å²) in [5, 5.41) is 10.2. The van der Waals surface area contributed by atoms with Crippen LogP contribution in [0, 0.1) is 0 Å². The molecule has 23 heavy (non-hydrogen) atoms. The maximum Gasteiger partial charge on any atom is 0.309 e. The van der Waals surface area contributed by atoms with Gasteiger partial charge in [0.2, 0.25) is 0 Å². The molecule has 1 aromatic carbocycles. The van der Waals surface area contributed by atoms with Gasteiger partial charge >= 0.3 is 5.97 Å². The Morgan fingerprint density at radius 3 is 2.39 bits per heavy atom. The second-order valence-corrected chi connectivity index (χ2v) is 5.91. The molecule has 0 bridgehead atoms. The van der Waals surface area contributed by atoms with Crippen molar-refractivity contribution in [2.45, 2.75) is 46.0 Å². The number of hydrogen-bond acceptors (Lipinski definition) is 3. The van der Waals surface area contributed by atoms with Gasteiger partial charge in [0.05, 0.1) is 17.6 Å². The van der Waals surface area contributed by atoms with Crippen LogP contribution in [0.15, 0.2) is 30.3 Å². The number of hydrogen-bond donors (Lipinski definition) is 1. The summed E-state index contributed by atoms with van der Waals surface area (Å²) in [7, 11) is 0. The normalized spacial score (nSPS) is 10.9. The third-order valence-corrected chi connectivity index (χ3v) is 3.98. The highest BCUT2D eigenvalue weighted by molar-refractivity contribution is 5.92. The number of pyridine rings is 1. The first-order valence-corrected chi connectivity index (χ1v) is 8.51. The molecule has 2 aromatic rings. The lowest BCUT2D eigenvalue weighted by molar-refractivity contribution is -0.136. The third-order valence-electron chi connectivity index (χ3n) is 3.98. The zero-order valence-corrected chi connectivity index (χ0v) is 14.1. The van der Waals surface area contributed by atoms with Gasteiger partial charge in [-0.25, -0.2) is 0 Å². The standard InChI is InChI=1S/C19H26N2O2/c1-3-5-11-21(12-6-4-2)18-13-15(14-19(22)23)20-17-10-8-7-9-16(17)18/h7-10,13H,3-6,11-12,14H2,1-2H3,(H,22,23). The molecule has 4 nitrogen and oxygen atoms in total. The number of carboxylic acid groups (broad SMARTS) is 1. The minimum Gasteiger partial charge on any atom is -0.481 e. The summed E-state index contributed by atoms with van der Waals surface area (Å²) < 4.78 is 0. The second-order valence-electron chi connectivity index (χ2n) is 5.91. The first-order chi connectivity index (χ1) is 11.2. The van der Waals surface area contributed by atoms with Crippen molar-refractivity contribution in [2.75, 3.05) is 18.0 Å². The molecule has 0 saturated heterocycles. The van der Waals surface area contributed by atoms with Crippen LogP contribution in [0.1, 0.15) is 45.2 Å². The van der Waals surface area contributed by atoms with Crippen LogP contribution in [0.5, 0.6) is 0 Å². The Hall–Kier alpha value is -2.10. The number of anilines is 1. The fourth-order valence-electron chi connectivity index (χ4n) is 2.77. The van der Waals surface area contributed by atoms with E-state index in [-0.39, 0.29) is 6.42 Å². The lowest BCUT2D eigenvalue weighted by Crippen LogP contribution is -2.26. The molecule has 1 heterocycles. The molecule has 0 radical (unpaired) electrons. The first-order valence-electron chi connectivity index (χ1n) is 8.51. The average Bonchev–Trinajstić information content (AvgIpc) is 2.54. The van der Waals surface area contributed by atoms with Gasteiger partial charge in [0.25, 0.3) is 0 Å². The summed E-state index contributed by atoms with van der Waals surface area (Å²) >= 11 is 0. The van der Waals surface area contributed by atoms with E-state index in [2.05, 4.69) is 29.8 Å². The number of carboxylic acids is 1. The fraction of sp³-hybridized carbons (Fsp3) is 0.474. The summed E-state index contributed by atoms with van der Waals surface area (Å²) in [5.74, 6) is -0.840. The van der Waals surface area contributed by atoms with E-state index in [1.807, 2.05) is 24.3 Å². The SMILES string of the molecule is CCCCN(CCCC)c1cc(CC(=O)O)nc2ccccc12. The fourth-order valence-corrected chi connectivity index (χ4v) is 2.77. The minimum absolute atomic E-state index is 0.0345. The quantitative estimate of drug-likeness (QED) is 0.751. The van der Waals surface area contributed by atoms with Crippen molar-refractivity contribution in [1.29, 1.82) is 0 Å². The lowest BCUT2D eigenvalue weighted by Gasteiger charge is -2.26. The van der Waals surface area contributed by atoms with Gasteiger partial charge < -0.3 is 10.0 Å². The largest absolute Gasteiger partial charge is 0.481 e. The van der Waals surface area contributed by atoms with Crippen LogP contribution in [-0.2, 0) is 11.2 Å². The van der Waals surface area contributed by atoms with Crippen molar-refractivity contribution in [3.63, 3.8) is 0 Å². The predicted octanol–water partition coefficient (Wildman–Crippen LogP) is 4.27. The predicted molar refractivity (Wildman–Crippen MR) is 95.1 cm³/mol. The molecule has 0 unspecified atom stereocenters. The van der Waals surface area contributed by atoms with Gasteiger partial charge in [-0.05, 0) is 25.0 Å². The lowest BCUT2D eigenvalue weighted by atomic mass is 10.1. The molecule has 1 N–H and O–H groups in total. The number of para-hydroxylation sites is 1. The highest BCUT2D eigenvalue weighted by atomic mass is 16.4. The molecule has 0 saturated carbocycles. The summed E-state index contributed by atoms with van der Waals surface area (Å²) in [5.41, 5.74) is 2.62. The Balaban J connectivity index is 2.46. The van der Waals surface area contributed by atoms with Crippen LogP contribution in [-0.4, -0.2) is 29.1 Å². The van der Waals surface area contributed by atoms with E-state index in [9.17, 15) is 4.79 Å². The van der Waals surface area contributed by atoms with Gasteiger partial charge in [-0.1, -0.05) is 44.9 Å². The number of unbranched alkanes of at least 4 members (excludes halogenated alkanes) is 2. The summed E-state index contributed by atoms with van der Waals surface area (Å²) in [6, 6.07) is 9.96. The number of aliphatic carboxylic acids is 1. The van der Waals surface area contributed by atoms with Gasteiger partial charge in [0.1, 0.15) is 0 Å². The molecule has 0 aliphatic carbocycles. The Bertz CT molecular complexity index is 647. The Morgan fingerprint density at radius 1 is 1.13 bits per heavy atom. The second kappa shape index (κ2) is 8.51. The van der Waals surface area contributed by atoms with Crippen molar-refractivity contribution >= 4 is 22.6 Å². The van der Waals surface area contributed by atoms with Crippen LogP contribution in [0.2, 0.25) is 0 Å². The van der Waals surface area contributed by atoms with Gasteiger partial charge in [-0.2, -0.15) is 0 Å². The Morgan fingerprint density at radius 2 is 1.78 bits per heavy atom. The molecule has 0 aliphatic rings. The Kier molecular flexibility index (Phi) is 6.39. The Labute approximate surface area is 138 Å². The van der Waals surface area contributed by atoms with E-state index < -0.39 is 5.97 Å². The van der Waals surface area contributed by atoms with Crippen molar-refractivity contribution in [1.82, 2.24) is 4.98 Å². The van der Waals surface area contributed by atoms with E-state index in [1.165, 1.54) is 0 Å². The number of carbonyl (C=O) groups is 1. The molecule has 124 valence electrons. The van der Waals surface area contributed by atoms with E-state index in [0.717, 1.165) is 55.4 Å². The molecule has 0 aliphatic heterocycles. The van der Waals surface area contributed by atoms with Crippen molar-refractivity contribution in [2.24, 2.45) is 0 Å². The highest BCUT2D eigenvalue weighted by Gasteiger charge is 2.13. The van der Waals surface area contributed by atoms with E-state index >= 15 is 0 Å². The molecule has 0 atom stereocenters. The number of nitrogens with zero attached hydrogens (tertiary/aromatic N) is 2. The average molecular weight is 314 g/mol. The van der Waals surface area contributed by atoms with Crippen molar-refractivity contribution in [3.05, 3.63) is 36.0 Å². The smallest absolute Gasteiger partial charge is 0.309 e. The van der Waals surface area contributed by atoms with Gasteiger partial charge in [-0.15, -0.1) is 0 Å². The summed E-state index contributed by atoms with van der Waals surface area (Å²) in [4.78, 5) is 18.0. The first kappa shape index (κ1) is 17.3. The monoisotopic (exact) mass is 314 g/mol. The summed E-state index contributed by atoms with van der Waals surface area (Å²) in [6.45, 7) is 6.38. The maximum absolute atomic E-state index is 11.1. The van der Waals surface area contributed by atoms with Crippen LogP contribution in [0.3, 0.4) is 0 Å². The molecule has 0 fully saturated rings. The van der Waals surface area contributed by atoms with Crippen molar-refractivity contribution < 1.29 is 9.90 Å². The van der Waals surface area contributed by atoms with Gasteiger partial charge in [0, 0.05) is 24.2 Å². The third kappa shape index (κ3) is 4.68. The van der Waals surface area contributed by atoms with Gasteiger partial charge in [-0.3, -0.25) is 9.78 Å². The minimum atomic E-state index is -0.840. The molecule has 1 aromatic heterocycles. The van der Waals surface area contributed by atoms with Crippen LogP contribution < -0.4 is 4.90 Å². The van der Waals surface area contributed by atoms with Crippen LogP contribution in [0.4, 0.5) is 5.69 Å². The zero-order valence-electron chi connectivity index (χ0n) is 14.1. The molecule has 2 rings (SSSR count). The molecule has 0 amide bonds. The van der Waals surface area contributed by atoms with E-state index in [1.54, 1.807) is 0 Å². The van der Waals surface area contributed by atoms with E-state index in [0.29, 0.717) is 5.69 Å². The maximum atomic E-state index is 11.1. The zero-order chi connectivity index (χ0) is 16.7.